The second-order valence-electron chi connectivity index (χ2n) is 4.81. The fourth-order valence-electron chi connectivity index (χ4n) is 2.34. The summed E-state index contributed by atoms with van der Waals surface area (Å²) in [5.41, 5.74) is 0.968. The molecule has 1 saturated carbocycles. The second kappa shape index (κ2) is 6.47. The summed E-state index contributed by atoms with van der Waals surface area (Å²) in [5.74, 6) is 0. The van der Waals surface area contributed by atoms with E-state index < -0.39 is 10.0 Å². The van der Waals surface area contributed by atoms with Crippen LogP contribution in [-0.2, 0) is 10.0 Å². The highest BCUT2D eigenvalue weighted by Crippen LogP contribution is 2.32. The van der Waals surface area contributed by atoms with Crippen molar-refractivity contribution >= 4 is 49.1 Å². The number of thioether (sulfide) groups is 1. The van der Waals surface area contributed by atoms with E-state index in [1.807, 2.05) is 6.92 Å². The Bertz CT molecular complexity index is 522. The topological polar surface area (TPSA) is 46.2 Å². The van der Waals surface area contributed by atoms with Gasteiger partial charge in [-0.25, -0.2) is 13.1 Å². The van der Waals surface area contributed by atoms with E-state index in [2.05, 4.69) is 26.9 Å². The molecule has 0 aliphatic heterocycles. The molecule has 1 N–H and O–H groups in total. The van der Waals surface area contributed by atoms with Crippen LogP contribution < -0.4 is 4.72 Å². The molecule has 2 atom stereocenters. The van der Waals surface area contributed by atoms with Crippen molar-refractivity contribution in [3.8, 4) is 0 Å². The number of thiophene rings is 1. The summed E-state index contributed by atoms with van der Waals surface area (Å²) in [7, 11) is -3.38. The number of sulfonamides is 1. The molecule has 0 bridgehead atoms. The number of nitrogens with one attached hydrogen (secondary N) is 1. The van der Waals surface area contributed by atoms with Crippen LogP contribution in [0, 0.1) is 6.92 Å². The third-order valence-corrected chi connectivity index (χ3v) is 8.68. The maximum atomic E-state index is 12.4. The minimum absolute atomic E-state index is 0.0648. The lowest BCUT2D eigenvalue weighted by Crippen LogP contribution is -2.43. The van der Waals surface area contributed by atoms with Gasteiger partial charge < -0.3 is 0 Å². The van der Waals surface area contributed by atoms with Crippen LogP contribution in [0.2, 0.25) is 0 Å². The van der Waals surface area contributed by atoms with E-state index in [9.17, 15) is 8.42 Å². The Morgan fingerprint density at radius 2 is 2.11 bits per heavy atom. The Labute approximate surface area is 131 Å². The van der Waals surface area contributed by atoms with Gasteiger partial charge in [-0.3, -0.25) is 0 Å². The van der Waals surface area contributed by atoms with Gasteiger partial charge in [-0.05, 0) is 53.6 Å². The highest BCUT2D eigenvalue weighted by Gasteiger charge is 2.29. The number of halogens is 1. The van der Waals surface area contributed by atoms with Crippen molar-refractivity contribution in [2.75, 3.05) is 6.26 Å². The molecule has 0 radical (unpaired) electrons. The molecule has 108 valence electrons. The first-order chi connectivity index (χ1) is 8.94. The van der Waals surface area contributed by atoms with Crippen molar-refractivity contribution in [3.63, 3.8) is 0 Å². The molecule has 1 aliphatic carbocycles. The summed E-state index contributed by atoms with van der Waals surface area (Å²) in [6, 6.07) is 1.79. The lowest BCUT2D eigenvalue weighted by Gasteiger charge is -2.30. The predicted molar refractivity (Wildman–Crippen MR) is 86.6 cm³/mol. The van der Waals surface area contributed by atoms with Crippen molar-refractivity contribution in [1.29, 1.82) is 0 Å². The lowest BCUT2D eigenvalue weighted by molar-refractivity contribution is 0.423. The van der Waals surface area contributed by atoms with E-state index in [1.165, 1.54) is 17.8 Å². The quantitative estimate of drug-likeness (QED) is 0.860. The van der Waals surface area contributed by atoms with Crippen molar-refractivity contribution in [3.05, 3.63) is 15.4 Å². The van der Waals surface area contributed by atoms with Crippen LogP contribution in [0.25, 0.3) is 0 Å². The van der Waals surface area contributed by atoms with Crippen LogP contribution >= 0.6 is 39.0 Å². The third kappa shape index (κ3) is 3.75. The summed E-state index contributed by atoms with van der Waals surface area (Å²) < 4.78 is 29.0. The van der Waals surface area contributed by atoms with Crippen molar-refractivity contribution < 1.29 is 8.42 Å². The molecule has 1 aliphatic rings. The van der Waals surface area contributed by atoms with E-state index >= 15 is 0 Å². The maximum absolute atomic E-state index is 12.4. The zero-order valence-electron chi connectivity index (χ0n) is 11.0. The molecule has 1 aromatic rings. The molecule has 3 nitrogen and oxygen atoms in total. The van der Waals surface area contributed by atoms with Crippen LogP contribution in [0.4, 0.5) is 0 Å². The Balaban J connectivity index is 2.16. The number of hydrogen-bond acceptors (Lipinski definition) is 4. The average molecular weight is 384 g/mol. The van der Waals surface area contributed by atoms with Crippen LogP contribution in [0.1, 0.15) is 31.2 Å². The number of aryl methyl sites for hydroxylation is 1. The molecule has 0 aromatic carbocycles. The van der Waals surface area contributed by atoms with Crippen molar-refractivity contribution in [1.82, 2.24) is 4.72 Å². The first-order valence-electron chi connectivity index (χ1n) is 6.25. The molecular formula is C12H18BrNO2S3. The Hall–Kier alpha value is 0.440. The largest absolute Gasteiger partial charge is 0.250 e. The van der Waals surface area contributed by atoms with Gasteiger partial charge in [0.15, 0.2) is 0 Å². The fourth-order valence-corrected chi connectivity index (χ4v) is 6.91. The molecule has 19 heavy (non-hydrogen) atoms. The normalized spacial score (nSPS) is 24.6. The van der Waals surface area contributed by atoms with Gasteiger partial charge in [-0.15, -0.1) is 11.3 Å². The van der Waals surface area contributed by atoms with E-state index in [1.54, 1.807) is 17.8 Å². The first kappa shape index (κ1) is 15.8. The van der Waals surface area contributed by atoms with Crippen LogP contribution in [0.15, 0.2) is 14.1 Å². The Kier molecular flexibility index (Phi) is 5.39. The van der Waals surface area contributed by atoms with Gasteiger partial charge in [0.1, 0.15) is 4.21 Å². The molecule has 0 amide bonds. The molecule has 2 rings (SSSR count). The van der Waals surface area contributed by atoms with Gasteiger partial charge in [-0.2, -0.15) is 11.8 Å². The van der Waals surface area contributed by atoms with Crippen LogP contribution in [0.3, 0.4) is 0 Å². The third-order valence-electron chi connectivity index (χ3n) is 3.41. The minimum Gasteiger partial charge on any atom is -0.206 e. The Morgan fingerprint density at radius 3 is 2.68 bits per heavy atom. The molecule has 1 heterocycles. The predicted octanol–water partition coefficient (Wildman–Crippen LogP) is 3.77. The minimum atomic E-state index is -3.38. The molecule has 7 heteroatoms. The molecule has 1 fully saturated rings. The van der Waals surface area contributed by atoms with Gasteiger partial charge in [0.2, 0.25) is 10.0 Å². The van der Waals surface area contributed by atoms with Gasteiger partial charge in [0.25, 0.3) is 0 Å². The summed E-state index contributed by atoms with van der Waals surface area (Å²) in [5, 5.41) is 0.396. The van der Waals surface area contributed by atoms with E-state index in [4.69, 9.17) is 0 Å². The smallest absolute Gasteiger partial charge is 0.206 e. The SMILES string of the molecule is CSC1CCCCC1NS(=O)(=O)c1cc(C)c(Br)s1. The molecule has 0 spiro atoms. The average Bonchev–Trinajstić information content (AvgIpc) is 2.71. The Morgan fingerprint density at radius 1 is 1.42 bits per heavy atom. The van der Waals surface area contributed by atoms with Crippen molar-refractivity contribution in [2.24, 2.45) is 0 Å². The van der Waals surface area contributed by atoms with Gasteiger partial charge in [0.05, 0.1) is 3.79 Å². The van der Waals surface area contributed by atoms with Crippen molar-refractivity contribution in [2.45, 2.75) is 48.1 Å². The highest BCUT2D eigenvalue weighted by atomic mass is 79.9. The first-order valence-corrected chi connectivity index (χ1v) is 10.6. The standard InChI is InChI=1S/C12H18BrNO2S3/c1-8-7-11(18-12(8)13)19(15,16)14-9-5-3-4-6-10(9)17-2/h7,9-10,14H,3-6H2,1-2H3. The number of rotatable bonds is 4. The van der Waals surface area contributed by atoms with Crippen LogP contribution in [0.5, 0.6) is 0 Å². The summed E-state index contributed by atoms with van der Waals surface area (Å²) in [6.07, 6.45) is 6.41. The zero-order chi connectivity index (χ0) is 14.0. The maximum Gasteiger partial charge on any atom is 0.250 e. The molecular weight excluding hydrogens is 366 g/mol. The summed E-state index contributed by atoms with van der Waals surface area (Å²) >= 11 is 6.42. The van der Waals surface area contributed by atoms with Crippen LogP contribution in [-0.4, -0.2) is 26.0 Å². The lowest BCUT2D eigenvalue weighted by atomic mass is 9.96. The summed E-state index contributed by atoms with van der Waals surface area (Å²) in [4.78, 5) is 0. The van der Waals surface area contributed by atoms with Gasteiger partial charge in [-0.1, -0.05) is 12.8 Å². The molecule has 1 aromatic heterocycles. The van der Waals surface area contributed by atoms with Gasteiger partial charge >= 0.3 is 0 Å². The van der Waals surface area contributed by atoms with E-state index in [0.29, 0.717) is 9.46 Å². The van der Waals surface area contributed by atoms with E-state index in [0.717, 1.165) is 28.6 Å². The second-order valence-corrected chi connectivity index (χ2v) is 10.2. The monoisotopic (exact) mass is 383 g/mol. The number of hydrogen-bond donors (Lipinski definition) is 1. The molecule has 2 unspecified atom stereocenters. The summed E-state index contributed by atoms with van der Waals surface area (Å²) in [6.45, 7) is 1.91. The highest BCUT2D eigenvalue weighted by molar-refractivity contribution is 9.11. The molecule has 0 saturated heterocycles. The fraction of sp³-hybridized carbons (Fsp3) is 0.667. The van der Waals surface area contributed by atoms with E-state index in [-0.39, 0.29) is 6.04 Å². The zero-order valence-corrected chi connectivity index (χ0v) is 15.0. The van der Waals surface area contributed by atoms with Gasteiger partial charge in [0, 0.05) is 11.3 Å².